The maximum Gasteiger partial charge on any atom is 0.325 e. The van der Waals surface area contributed by atoms with Crippen LogP contribution in [0.5, 0.6) is 5.88 Å². The van der Waals surface area contributed by atoms with E-state index in [9.17, 15) is 14.7 Å². The molecule has 1 amide bonds. The molecule has 0 aliphatic heterocycles. The van der Waals surface area contributed by atoms with Gasteiger partial charge >= 0.3 is 11.9 Å². The van der Waals surface area contributed by atoms with Crippen LogP contribution < -0.4 is 5.73 Å². The number of esters is 1. The van der Waals surface area contributed by atoms with E-state index in [4.69, 9.17) is 10.5 Å². The first-order chi connectivity index (χ1) is 17.5. The minimum Gasteiger partial charge on any atom is -0.493 e. The molecule has 0 saturated carbocycles. The van der Waals surface area contributed by atoms with Gasteiger partial charge in [0.2, 0.25) is 17.5 Å². The van der Waals surface area contributed by atoms with Crippen LogP contribution in [-0.4, -0.2) is 54.0 Å². The molecule has 3 aromatic heterocycles. The lowest BCUT2D eigenvalue weighted by molar-refractivity contribution is -0.141. The van der Waals surface area contributed by atoms with Crippen molar-refractivity contribution in [2.75, 3.05) is 12.8 Å². The molecule has 0 bridgehead atoms. The Balaban J connectivity index is 1.58. The first-order valence-electron chi connectivity index (χ1n) is 10.4. The topological polar surface area (TPSA) is 189 Å². The van der Waals surface area contributed by atoms with Crippen molar-refractivity contribution in [3.63, 3.8) is 0 Å². The van der Waals surface area contributed by atoms with E-state index in [-0.39, 0.29) is 41.1 Å². The maximum atomic E-state index is 13.1. The van der Waals surface area contributed by atoms with E-state index in [1.54, 1.807) is 54.6 Å². The number of rotatable bonds is 6. The average molecular weight is 487 g/mol. The predicted molar refractivity (Wildman–Crippen MR) is 124 cm³/mol. The molecule has 180 valence electrons. The van der Waals surface area contributed by atoms with E-state index < -0.39 is 11.9 Å². The van der Waals surface area contributed by atoms with E-state index in [1.807, 2.05) is 0 Å². The Hall–Kier alpha value is -5.40. The van der Waals surface area contributed by atoms with E-state index in [0.717, 1.165) is 0 Å². The van der Waals surface area contributed by atoms with Crippen LogP contribution in [0.25, 0.3) is 28.0 Å². The van der Waals surface area contributed by atoms with Crippen LogP contribution >= 0.6 is 0 Å². The van der Waals surface area contributed by atoms with Crippen molar-refractivity contribution in [2.45, 2.75) is 6.54 Å². The fraction of sp³-hybridized carbons (Fsp3) is 0.0909. The lowest BCUT2D eigenvalue weighted by atomic mass is 10.1. The van der Waals surface area contributed by atoms with Gasteiger partial charge < -0.3 is 15.6 Å². The van der Waals surface area contributed by atoms with Gasteiger partial charge in [0, 0.05) is 10.9 Å². The van der Waals surface area contributed by atoms with Crippen LogP contribution in [0.3, 0.4) is 0 Å². The number of nitrogens with two attached hydrogens (primary N) is 1. The zero-order chi connectivity index (χ0) is 25.2. The molecule has 0 fully saturated rings. The zero-order valence-corrected chi connectivity index (χ0v) is 18.6. The number of fused-ring (bicyclic) bond motifs is 1. The molecular formula is C22H17N9O5. The minimum absolute atomic E-state index is 0.00134. The summed E-state index contributed by atoms with van der Waals surface area (Å²) >= 11 is 0. The second-order valence-electron chi connectivity index (χ2n) is 7.39. The summed E-state index contributed by atoms with van der Waals surface area (Å²) in [6.45, 7) is -0.258. The maximum absolute atomic E-state index is 13.1. The molecule has 0 atom stereocenters. The molecule has 3 heterocycles. The molecule has 14 nitrogen and oxygen atoms in total. The highest BCUT2D eigenvalue weighted by Crippen LogP contribution is 2.39. The SMILES string of the molecule is COC(=O)Cn1c(O)c(N=NC(=O)c2nnn(-c3nonc3N)c2-c2ccccc2)c2ccccc21. The summed E-state index contributed by atoms with van der Waals surface area (Å²) in [7, 11) is 1.24. The van der Waals surface area contributed by atoms with Gasteiger partial charge in [0.1, 0.15) is 12.2 Å². The van der Waals surface area contributed by atoms with Gasteiger partial charge in [-0.2, -0.15) is 4.68 Å². The Kier molecular flexibility index (Phi) is 5.66. The van der Waals surface area contributed by atoms with Crippen molar-refractivity contribution in [3.8, 4) is 23.0 Å². The molecule has 5 rings (SSSR count). The molecule has 2 aromatic carbocycles. The van der Waals surface area contributed by atoms with Crippen molar-refractivity contribution >= 4 is 34.3 Å². The second kappa shape index (κ2) is 9.09. The van der Waals surface area contributed by atoms with Gasteiger partial charge in [-0.3, -0.25) is 14.2 Å². The summed E-state index contributed by atoms with van der Waals surface area (Å²) < 4.78 is 11.9. The van der Waals surface area contributed by atoms with Crippen LogP contribution in [0.1, 0.15) is 10.5 Å². The summed E-state index contributed by atoms with van der Waals surface area (Å²) in [4.78, 5) is 25.0. The molecule has 14 heteroatoms. The largest absolute Gasteiger partial charge is 0.493 e. The number of carbonyl (C=O) groups is 2. The summed E-state index contributed by atoms with van der Waals surface area (Å²) in [5, 5.41) is 34.2. The van der Waals surface area contributed by atoms with Gasteiger partial charge in [-0.25, -0.2) is 4.63 Å². The third-order valence-corrected chi connectivity index (χ3v) is 5.29. The Morgan fingerprint density at radius 3 is 2.58 bits per heavy atom. The first-order valence-corrected chi connectivity index (χ1v) is 10.4. The van der Waals surface area contributed by atoms with Gasteiger partial charge in [-0.1, -0.05) is 53.7 Å². The Morgan fingerprint density at radius 2 is 1.86 bits per heavy atom. The van der Waals surface area contributed by atoms with E-state index in [0.29, 0.717) is 16.5 Å². The Bertz CT molecular complexity index is 1620. The van der Waals surface area contributed by atoms with Crippen molar-refractivity contribution in [1.82, 2.24) is 29.9 Å². The second-order valence-corrected chi connectivity index (χ2v) is 7.39. The molecule has 0 radical (unpaired) electrons. The molecule has 36 heavy (non-hydrogen) atoms. The number of para-hydroxylation sites is 1. The van der Waals surface area contributed by atoms with Gasteiger partial charge in [-0.15, -0.1) is 15.3 Å². The fourth-order valence-corrected chi connectivity index (χ4v) is 3.63. The van der Waals surface area contributed by atoms with E-state index in [2.05, 4.69) is 35.5 Å². The monoisotopic (exact) mass is 487 g/mol. The van der Waals surface area contributed by atoms with Crippen molar-refractivity contribution in [3.05, 3.63) is 60.3 Å². The van der Waals surface area contributed by atoms with Crippen molar-refractivity contribution in [2.24, 2.45) is 10.2 Å². The quantitative estimate of drug-likeness (QED) is 0.266. The molecule has 0 saturated heterocycles. The van der Waals surface area contributed by atoms with Crippen LogP contribution in [-0.2, 0) is 16.1 Å². The number of azo groups is 1. The lowest BCUT2D eigenvalue weighted by Gasteiger charge is -2.04. The van der Waals surface area contributed by atoms with Crippen molar-refractivity contribution < 1.29 is 24.1 Å². The number of ether oxygens (including phenoxy) is 1. The highest BCUT2D eigenvalue weighted by atomic mass is 16.6. The molecular weight excluding hydrogens is 470 g/mol. The summed E-state index contributed by atoms with van der Waals surface area (Å²) in [6, 6.07) is 15.6. The average Bonchev–Trinajstić information content (AvgIpc) is 3.59. The Morgan fingerprint density at radius 1 is 1.11 bits per heavy atom. The minimum atomic E-state index is -0.848. The molecule has 0 aliphatic rings. The standard InChI is InChI=1S/C22H17N9O5/c1-35-15(32)11-30-14-10-6-5-9-13(14)16(22(30)34)24-26-21(33)17-18(12-7-3-2-4-8-12)31(29-25-17)20-19(23)27-36-28-20/h2-10,34H,11H2,1H3,(H2,23,27). The predicted octanol–water partition coefficient (Wildman–Crippen LogP) is 2.66. The van der Waals surface area contributed by atoms with Gasteiger partial charge in [0.25, 0.3) is 0 Å². The third kappa shape index (κ3) is 3.81. The molecule has 0 spiro atoms. The lowest BCUT2D eigenvalue weighted by Crippen LogP contribution is -2.10. The normalized spacial score (nSPS) is 11.4. The molecule has 0 unspecified atom stereocenters. The van der Waals surface area contributed by atoms with E-state index >= 15 is 0 Å². The van der Waals surface area contributed by atoms with E-state index in [1.165, 1.54) is 16.4 Å². The van der Waals surface area contributed by atoms with Crippen LogP contribution in [0.15, 0.2) is 69.5 Å². The molecule has 0 aliphatic carbocycles. The smallest absolute Gasteiger partial charge is 0.325 e. The number of hydrogen-bond acceptors (Lipinski definition) is 11. The van der Waals surface area contributed by atoms with Crippen LogP contribution in [0, 0.1) is 0 Å². The number of carbonyl (C=O) groups excluding carboxylic acids is 2. The molecule has 5 aromatic rings. The van der Waals surface area contributed by atoms with Gasteiger partial charge in [0.15, 0.2) is 11.4 Å². The Labute approximate surface area is 201 Å². The summed E-state index contributed by atoms with van der Waals surface area (Å²) in [5.41, 5.74) is 6.98. The number of aromatic hydroxyl groups is 1. The van der Waals surface area contributed by atoms with Crippen LogP contribution in [0.4, 0.5) is 11.5 Å². The van der Waals surface area contributed by atoms with Gasteiger partial charge in [0.05, 0.1) is 12.6 Å². The highest BCUT2D eigenvalue weighted by Gasteiger charge is 2.26. The number of anilines is 1. The van der Waals surface area contributed by atoms with Crippen molar-refractivity contribution in [1.29, 1.82) is 0 Å². The van der Waals surface area contributed by atoms with Gasteiger partial charge in [-0.05, 0) is 16.4 Å². The molecule has 3 N–H and O–H groups in total. The number of amides is 1. The zero-order valence-electron chi connectivity index (χ0n) is 18.6. The fourth-order valence-electron chi connectivity index (χ4n) is 3.63. The first kappa shape index (κ1) is 22.4. The number of nitrogen functional groups attached to an aromatic ring is 1. The number of hydrogen-bond donors (Lipinski definition) is 2. The number of nitrogens with zero attached hydrogens (tertiary/aromatic N) is 8. The number of benzene rings is 2. The summed E-state index contributed by atoms with van der Waals surface area (Å²) in [5.74, 6) is -1.79. The number of methoxy groups -OCH3 is 1. The summed E-state index contributed by atoms with van der Waals surface area (Å²) in [6.07, 6.45) is 0. The third-order valence-electron chi connectivity index (χ3n) is 5.29. The number of aromatic nitrogens is 6. The highest BCUT2D eigenvalue weighted by molar-refractivity contribution is 6.00. The van der Waals surface area contributed by atoms with Crippen LogP contribution in [0.2, 0.25) is 0 Å².